The molecule has 0 spiro atoms. The predicted molar refractivity (Wildman–Crippen MR) is 79.5 cm³/mol. The Morgan fingerprint density at radius 1 is 1.17 bits per heavy atom. The third-order valence-electron chi connectivity index (χ3n) is 2.89. The standard InChI is InChI=1S/C14H14O5.C2H6O2/c1-8-4-6-9(7-5-8)11(15)10-12(16)18-14(2,3)19-13(10)17;1-2-4-3/h4-7,10H,1-3H3;3H,2H2,1H3. The second-order valence-electron chi connectivity index (χ2n) is 5.32. The summed E-state index contributed by atoms with van der Waals surface area (Å²) < 4.78 is 9.84. The molecule has 7 nitrogen and oxygen atoms in total. The molecule has 0 amide bonds. The van der Waals surface area contributed by atoms with Crippen molar-refractivity contribution in [3.63, 3.8) is 0 Å². The van der Waals surface area contributed by atoms with Crippen molar-refractivity contribution in [2.75, 3.05) is 6.61 Å². The van der Waals surface area contributed by atoms with E-state index in [1.807, 2.05) is 6.92 Å². The number of carbonyl (C=O) groups is 3. The van der Waals surface area contributed by atoms with Crippen molar-refractivity contribution in [2.45, 2.75) is 33.5 Å². The van der Waals surface area contributed by atoms with Gasteiger partial charge < -0.3 is 9.47 Å². The fraction of sp³-hybridized carbons (Fsp3) is 0.438. The summed E-state index contributed by atoms with van der Waals surface area (Å²) in [4.78, 5) is 39.2. The lowest BCUT2D eigenvalue weighted by Crippen LogP contribution is -2.49. The largest absolute Gasteiger partial charge is 0.422 e. The first-order valence-corrected chi connectivity index (χ1v) is 7.04. The molecule has 1 N–H and O–H groups in total. The molecule has 23 heavy (non-hydrogen) atoms. The van der Waals surface area contributed by atoms with Gasteiger partial charge in [0.25, 0.3) is 5.79 Å². The maximum atomic E-state index is 12.1. The maximum absolute atomic E-state index is 12.1. The maximum Gasteiger partial charge on any atom is 0.331 e. The lowest BCUT2D eigenvalue weighted by molar-refractivity contribution is -0.237. The number of benzene rings is 1. The Morgan fingerprint density at radius 3 is 2.00 bits per heavy atom. The molecule has 0 aliphatic carbocycles. The zero-order valence-corrected chi connectivity index (χ0v) is 13.5. The van der Waals surface area contributed by atoms with Gasteiger partial charge in [0.1, 0.15) is 0 Å². The minimum Gasteiger partial charge on any atom is -0.422 e. The molecule has 1 saturated heterocycles. The highest BCUT2D eigenvalue weighted by Crippen LogP contribution is 2.25. The van der Waals surface area contributed by atoms with E-state index in [1.165, 1.54) is 13.8 Å². The van der Waals surface area contributed by atoms with Crippen LogP contribution in [-0.4, -0.2) is 35.4 Å². The lowest BCUT2D eigenvalue weighted by Gasteiger charge is -2.32. The number of hydrogen-bond donors (Lipinski definition) is 1. The Bertz CT molecular complexity index is 553. The molecule has 0 aromatic heterocycles. The number of hydrogen-bond acceptors (Lipinski definition) is 7. The van der Waals surface area contributed by atoms with E-state index in [0.29, 0.717) is 6.61 Å². The first kappa shape index (κ1) is 18.8. The zero-order chi connectivity index (χ0) is 17.6. The average molecular weight is 324 g/mol. The van der Waals surface area contributed by atoms with Crippen LogP contribution in [0.15, 0.2) is 24.3 Å². The van der Waals surface area contributed by atoms with Crippen molar-refractivity contribution in [1.82, 2.24) is 0 Å². The molecule has 126 valence electrons. The SMILES string of the molecule is CCOO.Cc1ccc(C(=O)C2C(=O)OC(C)(C)OC2=O)cc1. The fourth-order valence-electron chi connectivity index (χ4n) is 1.82. The summed E-state index contributed by atoms with van der Waals surface area (Å²) in [6.07, 6.45) is 0. The molecule has 7 heteroatoms. The minimum absolute atomic E-state index is 0.282. The topological polar surface area (TPSA) is 99.1 Å². The molecule has 0 radical (unpaired) electrons. The Kier molecular flexibility index (Phi) is 6.41. The third kappa shape index (κ3) is 5.15. The summed E-state index contributed by atoms with van der Waals surface area (Å²) in [6.45, 7) is 6.84. The number of esters is 2. The molecular weight excluding hydrogens is 304 g/mol. The molecule has 1 aromatic carbocycles. The lowest BCUT2D eigenvalue weighted by atomic mass is 9.96. The number of ketones is 1. The number of ether oxygens (including phenoxy) is 2. The van der Waals surface area contributed by atoms with Crippen molar-refractivity contribution in [1.29, 1.82) is 0 Å². The second kappa shape index (κ2) is 7.85. The molecule has 0 bridgehead atoms. The summed E-state index contributed by atoms with van der Waals surface area (Å²) in [5.41, 5.74) is 1.26. The first-order valence-electron chi connectivity index (χ1n) is 7.04. The minimum atomic E-state index is -1.53. The van der Waals surface area contributed by atoms with E-state index in [-0.39, 0.29) is 5.56 Å². The fourth-order valence-corrected chi connectivity index (χ4v) is 1.82. The zero-order valence-electron chi connectivity index (χ0n) is 13.5. The van der Waals surface area contributed by atoms with E-state index in [1.54, 1.807) is 31.2 Å². The van der Waals surface area contributed by atoms with Crippen LogP contribution in [0.2, 0.25) is 0 Å². The summed E-state index contributed by atoms with van der Waals surface area (Å²) in [5, 5.41) is 7.38. The summed E-state index contributed by atoms with van der Waals surface area (Å²) in [5.74, 6) is -5.20. The Labute approximate surface area is 134 Å². The van der Waals surface area contributed by atoms with E-state index in [4.69, 9.17) is 14.7 Å². The average Bonchev–Trinajstić information content (AvgIpc) is 2.46. The smallest absolute Gasteiger partial charge is 0.331 e. The summed E-state index contributed by atoms with van der Waals surface area (Å²) >= 11 is 0. The molecule has 1 aliphatic rings. The van der Waals surface area contributed by atoms with E-state index in [0.717, 1.165) is 5.56 Å². The van der Waals surface area contributed by atoms with Gasteiger partial charge in [-0.3, -0.25) is 19.6 Å². The van der Waals surface area contributed by atoms with E-state index in [9.17, 15) is 14.4 Å². The van der Waals surface area contributed by atoms with Gasteiger partial charge in [0.05, 0.1) is 6.61 Å². The molecular formula is C16H20O7. The monoisotopic (exact) mass is 324 g/mol. The van der Waals surface area contributed by atoms with Crippen molar-refractivity contribution in [3.8, 4) is 0 Å². The Hall–Kier alpha value is -2.25. The Balaban J connectivity index is 0.000000593. The number of carbonyl (C=O) groups excluding carboxylic acids is 3. The van der Waals surface area contributed by atoms with Crippen LogP contribution in [0.4, 0.5) is 0 Å². The van der Waals surface area contributed by atoms with Crippen molar-refractivity contribution in [3.05, 3.63) is 35.4 Å². The van der Waals surface area contributed by atoms with E-state index in [2.05, 4.69) is 4.89 Å². The van der Waals surface area contributed by atoms with Crippen LogP contribution in [0.25, 0.3) is 0 Å². The van der Waals surface area contributed by atoms with Crippen LogP contribution < -0.4 is 0 Å². The molecule has 0 atom stereocenters. The predicted octanol–water partition coefficient (Wildman–Crippen LogP) is 2.13. The van der Waals surface area contributed by atoms with Crippen LogP contribution in [0.1, 0.15) is 36.7 Å². The van der Waals surface area contributed by atoms with Crippen LogP contribution in [-0.2, 0) is 24.0 Å². The summed E-state index contributed by atoms with van der Waals surface area (Å²) in [6, 6.07) is 6.60. The van der Waals surface area contributed by atoms with Crippen LogP contribution in [0.5, 0.6) is 0 Å². The van der Waals surface area contributed by atoms with Gasteiger partial charge in [-0.1, -0.05) is 29.8 Å². The number of Topliss-reactive ketones (excluding diaryl/α,β-unsaturated/α-hetero) is 1. The van der Waals surface area contributed by atoms with Crippen molar-refractivity contribution >= 4 is 17.7 Å². The first-order chi connectivity index (χ1) is 10.7. The molecule has 1 aromatic rings. The second-order valence-corrected chi connectivity index (χ2v) is 5.32. The molecule has 1 aliphatic heterocycles. The number of rotatable bonds is 3. The molecule has 0 unspecified atom stereocenters. The summed E-state index contributed by atoms with van der Waals surface area (Å²) in [7, 11) is 0. The number of cyclic esters (lactones) is 2. The highest BCUT2D eigenvalue weighted by atomic mass is 17.1. The quantitative estimate of drug-likeness (QED) is 0.299. The Morgan fingerprint density at radius 2 is 1.61 bits per heavy atom. The molecule has 1 fully saturated rings. The van der Waals surface area contributed by atoms with Crippen LogP contribution >= 0.6 is 0 Å². The van der Waals surface area contributed by atoms with E-state index >= 15 is 0 Å². The third-order valence-corrected chi connectivity index (χ3v) is 2.89. The van der Waals surface area contributed by atoms with Gasteiger partial charge in [-0.25, -0.2) is 4.89 Å². The van der Waals surface area contributed by atoms with Gasteiger partial charge >= 0.3 is 11.9 Å². The van der Waals surface area contributed by atoms with Gasteiger partial charge in [-0.2, -0.15) is 0 Å². The van der Waals surface area contributed by atoms with Gasteiger partial charge in [0.2, 0.25) is 5.92 Å². The molecule has 0 saturated carbocycles. The normalized spacial score (nSPS) is 16.7. The van der Waals surface area contributed by atoms with Gasteiger partial charge in [0, 0.05) is 19.4 Å². The van der Waals surface area contributed by atoms with Gasteiger partial charge in [0.15, 0.2) is 5.78 Å². The van der Waals surface area contributed by atoms with E-state index < -0.39 is 29.4 Å². The highest BCUT2D eigenvalue weighted by molar-refractivity contribution is 6.21. The van der Waals surface area contributed by atoms with Gasteiger partial charge in [-0.05, 0) is 13.8 Å². The van der Waals surface area contributed by atoms with Crippen molar-refractivity contribution in [2.24, 2.45) is 5.92 Å². The van der Waals surface area contributed by atoms with Gasteiger partial charge in [-0.15, -0.1) is 0 Å². The number of aryl methyl sites for hydroxylation is 1. The molecule has 1 heterocycles. The van der Waals surface area contributed by atoms with Crippen LogP contribution in [0, 0.1) is 12.8 Å². The molecule has 2 rings (SSSR count). The van der Waals surface area contributed by atoms with Crippen LogP contribution in [0.3, 0.4) is 0 Å². The van der Waals surface area contributed by atoms with Crippen molar-refractivity contribution < 1.29 is 34.0 Å². The highest BCUT2D eigenvalue weighted by Gasteiger charge is 2.47.